The first-order valence-corrected chi connectivity index (χ1v) is 5.68. The molecule has 0 saturated carbocycles. The van der Waals surface area contributed by atoms with Crippen molar-refractivity contribution in [3.63, 3.8) is 0 Å². The van der Waals surface area contributed by atoms with Crippen molar-refractivity contribution in [2.24, 2.45) is 0 Å². The van der Waals surface area contributed by atoms with Crippen molar-refractivity contribution in [3.8, 4) is 5.75 Å². The highest BCUT2D eigenvalue weighted by Gasteiger charge is 2.21. The van der Waals surface area contributed by atoms with E-state index in [1.165, 1.54) is 18.2 Å². The van der Waals surface area contributed by atoms with Gasteiger partial charge in [0.1, 0.15) is 12.4 Å². The number of benzene rings is 1. The maximum Gasteiger partial charge on any atom is 0.311 e. The fraction of sp³-hybridized carbons (Fsp3) is 0.417. The van der Waals surface area contributed by atoms with Gasteiger partial charge in [0.05, 0.1) is 18.1 Å². The average molecular weight is 251 g/mol. The van der Waals surface area contributed by atoms with Crippen LogP contribution in [0.25, 0.3) is 0 Å². The van der Waals surface area contributed by atoms with Crippen LogP contribution in [0.3, 0.4) is 0 Å². The number of rotatable bonds is 4. The zero-order valence-corrected chi connectivity index (χ0v) is 9.70. The van der Waals surface area contributed by atoms with Gasteiger partial charge in [-0.2, -0.15) is 0 Å². The summed E-state index contributed by atoms with van der Waals surface area (Å²) in [4.78, 5) is 21.0. The third-order valence-electron chi connectivity index (χ3n) is 2.78. The molecule has 0 aliphatic carbocycles. The topological polar surface area (TPSA) is 78.7 Å². The predicted octanol–water partition coefficient (Wildman–Crippen LogP) is 1.97. The molecule has 1 aromatic carbocycles. The molecule has 18 heavy (non-hydrogen) atoms. The molecule has 1 aliphatic heterocycles. The largest absolute Gasteiger partial charge is 0.483 e. The number of nitro groups is 1. The molecule has 1 aromatic rings. The molecule has 2 rings (SSSR count). The van der Waals surface area contributed by atoms with Crippen LogP contribution in [0.4, 0.5) is 5.69 Å². The van der Waals surface area contributed by atoms with E-state index in [4.69, 9.17) is 9.47 Å². The van der Waals surface area contributed by atoms with E-state index in [1.807, 2.05) is 0 Å². The van der Waals surface area contributed by atoms with Crippen molar-refractivity contribution in [1.82, 2.24) is 0 Å². The predicted molar refractivity (Wildman–Crippen MR) is 63.0 cm³/mol. The van der Waals surface area contributed by atoms with E-state index in [-0.39, 0.29) is 23.1 Å². The van der Waals surface area contributed by atoms with E-state index in [0.717, 1.165) is 0 Å². The van der Waals surface area contributed by atoms with Crippen molar-refractivity contribution in [2.75, 3.05) is 13.2 Å². The highest BCUT2D eigenvalue weighted by molar-refractivity contribution is 5.77. The summed E-state index contributed by atoms with van der Waals surface area (Å²) >= 11 is 0. The Bertz CT molecular complexity index is 454. The van der Waals surface area contributed by atoms with E-state index in [2.05, 4.69) is 0 Å². The quantitative estimate of drug-likeness (QED) is 0.464. The normalized spacial score (nSPS) is 16.2. The molecule has 1 aliphatic rings. The number of nitro benzene ring substituents is 1. The second kappa shape index (κ2) is 5.59. The van der Waals surface area contributed by atoms with Gasteiger partial charge in [0.2, 0.25) is 0 Å². The summed E-state index contributed by atoms with van der Waals surface area (Å²) in [6.07, 6.45) is 1.93. The van der Waals surface area contributed by atoms with Crippen LogP contribution in [-0.4, -0.2) is 30.5 Å². The van der Waals surface area contributed by atoms with Crippen molar-refractivity contribution < 1.29 is 19.2 Å². The molecule has 1 fully saturated rings. The van der Waals surface area contributed by atoms with Crippen LogP contribution < -0.4 is 4.74 Å². The summed E-state index contributed by atoms with van der Waals surface area (Å²) in [6, 6.07) is 4.20. The summed E-state index contributed by atoms with van der Waals surface area (Å²) in [5.74, 6) is 0.206. The Kier molecular flexibility index (Phi) is 3.88. The first-order valence-electron chi connectivity index (χ1n) is 5.68. The van der Waals surface area contributed by atoms with Crippen LogP contribution in [0.2, 0.25) is 0 Å². The van der Waals surface area contributed by atoms with Gasteiger partial charge in [0.15, 0.2) is 5.75 Å². The first kappa shape index (κ1) is 12.5. The zero-order valence-electron chi connectivity index (χ0n) is 9.70. The number of aldehydes is 1. The Balaban J connectivity index is 2.20. The maximum atomic E-state index is 10.9. The molecule has 1 saturated heterocycles. The Morgan fingerprint density at radius 2 is 2.11 bits per heavy atom. The second-order valence-electron chi connectivity index (χ2n) is 4.03. The Morgan fingerprint density at radius 3 is 2.72 bits per heavy atom. The molecule has 0 atom stereocenters. The molecule has 0 aromatic heterocycles. The fourth-order valence-corrected chi connectivity index (χ4v) is 1.82. The number of nitrogens with zero attached hydrogens (tertiary/aromatic N) is 1. The summed E-state index contributed by atoms with van der Waals surface area (Å²) in [6.45, 7) is 1.20. The Morgan fingerprint density at radius 1 is 1.39 bits per heavy atom. The highest BCUT2D eigenvalue weighted by atomic mass is 16.6. The van der Waals surface area contributed by atoms with Gasteiger partial charge in [-0.15, -0.1) is 0 Å². The molecular weight excluding hydrogens is 238 g/mol. The van der Waals surface area contributed by atoms with Crippen molar-refractivity contribution in [1.29, 1.82) is 0 Å². The van der Waals surface area contributed by atoms with Gasteiger partial charge in [0.25, 0.3) is 0 Å². The molecule has 6 nitrogen and oxygen atoms in total. The number of hydrogen-bond donors (Lipinski definition) is 0. The lowest BCUT2D eigenvalue weighted by molar-refractivity contribution is -0.386. The molecule has 0 spiro atoms. The van der Waals surface area contributed by atoms with Crippen molar-refractivity contribution >= 4 is 12.0 Å². The van der Waals surface area contributed by atoms with E-state index >= 15 is 0 Å². The van der Waals surface area contributed by atoms with Crippen LogP contribution in [0.5, 0.6) is 5.75 Å². The van der Waals surface area contributed by atoms with Gasteiger partial charge in [-0.1, -0.05) is 0 Å². The molecule has 6 heteroatoms. The molecule has 0 amide bonds. The number of carbonyl (C=O) groups is 1. The lowest BCUT2D eigenvalue weighted by atomic mass is 10.1. The monoisotopic (exact) mass is 251 g/mol. The van der Waals surface area contributed by atoms with Crippen molar-refractivity contribution in [3.05, 3.63) is 33.9 Å². The number of ether oxygens (including phenoxy) is 2. The van der Waals surface area contributed by atoms with Crippen LogP contribution in [0, 0.1) is 10.1 Å². The average Bonchev–Trinajstić information content (AvgIpc) is 2.40. The minimum Gasteiger partial charge on any atom is -0.483 e. The SMILES string of the molecule is O=Cc1ccc(OC2CCOCC2)c([N+](=O)[O-])c1. The van der Waals surface area contributed by atoms with Crippen LogP contribution >= 0.6 is 0 Å². The molecule has 0 bridgehead atoms. The molecule has 0 N–H and O–H groups in total. The minimum atomic E-state index is -0.540. The van der Waals surface area contributed by atoms with Gasteiger partial charge in [-0.25, -0.2) is 0 Å². The van der Waals surface area contributed by atoms with E-state index in [0.29, 0.717) is 32.3 Å². The van der Waals surface area contributed by atoms with E-state index < -0.39 is 4.92 Å². The first-order chi connectivity index (χ1) is 8.70. The van der Waals surface area contributed by atoms with Crippen molar-refractivity contribution in [2.45, 2.75) is 18.9 Å². The van der Waals surface area contributed by atoms with E-state index in [1.54, 1.807) is 0 Å². The second-order valence-corrected chi connectivity index (χ2v) is 4.03. The standard InChI is InChI=1S/C12H13NO5/c14-8-9-1-2-12(11(7-9)13(15)16)18-10-3-5-17-6-4-10/h1-2,7-8,10H,3-6H2. The third-order valence-corrected chi connectivity index (χ3v) is 2.78. The smallest absolute Gasteiger partial charge is 0.311 e. The third kappa shape index (κ3) is 2.84. The van der Waals surface area contributed by atoms with Gasteiger partial charge < -0.3 is 9.47 Å². The summed E-state index contributed by atoms with van der Waals surface area (Å²) < 4.78 is 10.8. The Labute approximate surface area is 104 Å². The van der Waals surface area contributed by atoms with Crippen LogP contribution in [0.15, 0.2) is 18.2 Å². The summed E-state index contributed by atoms with van der Waals surface area (Å²) in [5, 5.41) is 10.9. The molecule has 1 heterocycles. The Hall–Kier alpha value is -1.95. The highest BCUT2D eigenvalue weighted by Crippen LogP contribution is 2.29. The van der Waals surface area contributed by atoms with Gasteiger partial charge in [-0.3, -0.25) is 14.9 Å². The minimum absolute atomic E-state index is 0.0699. The molecule has 0 unspecified atom stereocenters. The summed E-state index contributed by atoms with van der Waals surface area (Å²) in [7, 11) is 0. The van der Waals surface area contributed by atoms with E-state index in [9.17, 15) is 14.9 Å². The van der Waals surface area contributed by atoms with Gasteiger partial charge >= 0.3 is 5.69 Å². The number of hydrogen-bond acceptors (Lipinski definition) is 5. The molecule has 96 valence electrons. The lowest BCUT2D eigenvalue weighted by Gasteiger charge is -2.23. The van der Waals surface area contributed by atoms with Gasteiger partial charge in [0, 0.05) is 24.5 Å². The summed E-state index contributed by atoms with van der Waals surface area (Å²) in [5.41, 5.74) is 0.0899. The number of carbonyl (C=O) groups excluding carboxylic acids is 1. The zero-order chi connectivity index (χ0) is 13.0. The fourth-order valence-electron chi connectivity index (χ4n) is 1.82. The van der Waals surface area contributed by atoms with Crippen LogP contribution in [-0.2, 0) is 4.74 Å². The molecule has 0 radical (unpaired) electrons. The molecular formula is C12H13NO5. The maximum absolute atomic E-state index is 10.9. The lowest BCUT2D eigenvalue weighted by Crippen LogP contribution is -2.26. The van der Waals surface area contributed by atoms with Gasteiger partial charge in [-0.05, 0) is 12.1 Å². The van der Waals surface area contributed by atoms with Crippen LogP contribution in [0.1, 0.15) is 23.2 Å².